The van der Waals surface area contributed by atoms with Crippen molar-refractivity contribution >= 4 is 52.1 Å². The number of hydrogen-bond acceptors (Lipinski definition) is 6. The van der Waals surface area contributed by atoms with Crippen LogP contribution in [0, 0.1) is 10.1 Å². The zero-order chi connectivity index (χ0) is 19.6. The fourth-order valence-electron chi connectivity index (χ4n) is 2.35. The van der Waals surface area contributed by atoms with Crippen LogP contribution >= 0.6 is 23.4 Å². The molecule has 3 rings (SSSR count). The summed E-state index contributed by atoms with van der Waals surface area (Å²) in [6.07, 6.45) is 1.46. The molecule has 0 saturated carbocycles. The number of amides is 2. The smallest absolute Gasteiger partial charge is 0.292 e. The molecule has 0 atom stereocenters. The highest BCUT2D eigenvalue weighted by molar-refractivity contribution is 8.18. The summed E-state index contributed by atoms with van der Waals surface area (Å²) < 4.78 is 0. The second kappa shape index (κ2) is 7.73. The quantitative estimate of drug-likeness (QED) is 0.322. The number of nitro benzene ring substituents is 1. The summed E-state index contributed by atoms with van der Waals surface area (Å²) in [5.74, 6) is -0.962. The maximum atomic E-state index is 12.5. The van der Waals surface area contributed by atoms with Crippen molar-refractivity contribution in [1.29, 1.82) is 0 Å². The van der Waals surface area contributed by atoms with E-state index in [2.05, 4.69) is 0 Å². The number of nitrogens with zero attached hydrogens (tertiary/aromatic N) is 2. The van der Waals surface area contributed by atoms with Gasteiger partial charge < -0.3 is 0 Å². The highest BCUT2D eigenvalue weighted by Crippen LogP contribution is 2.32. The minimum atomic E-state index is -0.578. The minimum absolute atomic E-state index is 0.0752. The van der Waals surface area contributed by atoms with Crippen molar-refractivity contribution < 1.29 is 19.3 Å². The second-order valence-corrected chi connectivity index (χ2v) is 6.98. The molecule has 1 fully saturated rings. The molecule has 27 heavy (non-hydrogen) atoms. The van der Waals surface area contributed by atoms with Gasteiger partial charge in [0, 0.05) is 22.7 Å². The lowest BCUT2D eigenvalue weighted by Crippen LogP contribution is -2.33. The first-order valence-corrected chi connectivity index (χ1v) is 8.83. The number of rotatable bonds is 5. The van der Waals surface area contributed by atoms with Crippen molar-refractivity contribution in [2.45, 2.75) is 0 Å². The lowest BCUT2D eigenvalue weighted by molar-refractivity contribution is -0.384. The van der Waals surface area contributed by atoms with Crippen LogP contribution in [0.1, 0.15) is 15.9 Å². The van der Waals surface area contributed by atoms with Crippen molar-refractivity contribution in [2.24, 2.45) is 0 Å². The van der Waals surface area contributed by atoms with Crippen LogP contribution in [0.2, 0.25) is 5.02 Å². The summed E-state index contributed by atoms with van der Waals surface area (Å²) in [6, 6.07) is 11.7. The van der Waals surface area contributed by atoms with E-state index >= 15 is 0 Å². The number of benzene rings is 2. The molecular weight excluding hydrogens is 392 g/mol. The third-order valence-corrected chi connectivity index (χ3v) is 4.90. The molecular formula is C18H11ClN2O5S. The van der Waals surface area contributed by atoms with E-state index < -0.39 is 16.1 Å². The number of hydrogen-bond donors (Lipinski definition) is 0. The Bertz CT molecular complexity index is 970. The molecule has 1 aliphatic rings. The average Bonchev–Trinajstić information content (AvgIpc) is 2.90. The normalized spacial score (nSPS) is 15.4. The average molecular weight is 403 g/mol. The van der Waals surface area contributed by atoms with Crippen molar-refractivity contribution in [3.05, 3.63) is 79.7 Å². The molecule has 7 nitrogen and oxygen atoms in total. The van der Waals surface area contributed by atoms with Crippen molar-refractivity contribution in [1.82, 2.24) is 4.90 Å². The van der Waals surface area contributed by atoms with Gasteiger partial charge in [0.2, 0.25) is 0 Å². The Morgan fingerprint density at radius 1 is 1.11 bits per heavy atom. The Morgan fingerprint density at radius 2 is 1.74 bits per heavy atom. The molecule has 0 bridgehead atoms. The maximum Gasteiger partial charge on any atom is 0.293 e. The molecule has 2 amide bonds. The molecule has 1 heterocycles. The highest BCUT2D eigenvalue weighted by Gasteiger charge is 2.36. The number of carbonyl (C=O) groups is 3. The number of ketones is 1. The monoisotopic (exact) mass is 402 g/mol. The third-order valence-electron chi connectivity index (χ3n) is 3.74. The van der Waals surface area contributed by atoms with Crippen molar-refractivity contribution in [2.75, 3.05) is 6.54 Å². The number of non-ortho nitro benzene ring substituents is 1. The Morgan fingerprint density at radius 3 is 2.33 bits per heavy atom. The van der Waals surface area contributed by atoms with Gasteiger partial charge in [-0.2, -0.15) is 0 Å². The predicted molar refractivity (Wildman–Crippen MR) is 102 cm³/mol. The molecule has 0 spiro atoms. The van der Waals surface area contributed by atoms with Crippen LogP contribution in [-0.2, 0) is 4.79 Å². The van der Waals surface area contributed by atoms with Gasteiger partial charge in [0.05, 0.1) is 16.4 Å². The predicted octanol–water partition coefficient (Wildman–Crippen LogP) is 4.17. The van der Waals surface area contributed by atoms with Gasteiger partial charge in [-0.05, 0) is 59.8 Å². The fourth-order valence-corrected chi connectivity index (χ4v) is 3.31. The first kappa shape index (κ1) is 18.8. The largest absolute Gasteiger partial charge is 0.293 e. The second-order valence-electron chi connectivity index (χ2n) is 5.55. The van der Waals surface area contributed by atoms with Gasteiger partial charge in [-0.1, -0.05) is 11.6 Å². The van der Waals surface area contributed by atoms with E-state index in [0.717, 1.165) is 16.7 Å². The van der Waals surface area contributed by atoms with E-state index in [1.54, 1.807) is 12.1 Å². The zero-order valence-electron chi connectivity index (χ0n) is 13.6. The van der Waals surface area contributed by atoms with Crippen LogP contribution in [0.4, 0.5) is 10.5 Å². The molecule has 1 aliphatic heterocycles. The third kappa shape index (κ3) is 4.24. The first-order chi connectivity index (χ1) is 12.8. The van der Waals surface area contributed by atoms with E-state index in [1.807, 2.05) is 0 Å². The Balaban J connectivity index is 1.75. The molecule has 1 saturated heterocycles. The summed E-state index contributed by atoms with van der Waals surface area (Å²) in [5, 5.41) is 10.6. The fraction of sp³-hybridized carbons (Fsp3) is 0.0556. The van der Waals surface area contributed by atoms with Crippen molar-refractivity contribution in [3.63, 3.8) is 0 Å². The molecule has 0 unspecified atom stereocenters. The number of halogens is 1. The standard InChI is InChI=1S/C18H11ClN2O5S/c19-13-5-3-12(4-6-13)15(22)10-20-17(23)16(27-18(20)24)9-11-1-7-14(8-2-11)21(25)26/h1-9H,10H2/b16-9+. The minimum Gasteiger partial charge on any atom is -0.292 e. The molecule has 136 valence electrons. The number of carbonyl (C=O) groups excluding carboxylic acids is 3. The topological polar surface area (TPSA) is 97.6 Å². The van der Waals surface area contributed by atoms with E-state index in [0.29, 0.717) is 16.1 Å². The molecule has 0 aliphatic carbocycles. The Labute approximate surface area is 162 Å². The lowest BCUT2D eigenvalue weighted by Gasteiger charge is -2.11. The van der Waals surface area contributed by atoms with Crippen LogP contribution in [0.3, 0.4) is 0 Å². The Kier molecular flexibility index (Phi) is 5.38. The molecule has 0 aromatic heterocycles. The molecule has 2 aromatic rings. The van der Waals surface area contributed by atoms with Crippen LogP contribution in [-0.4, -0.2) is 33.3 Å². The van der Waals surface area contributed by atoms with E-state index in [9.17, 15) is 24.5 Å². The van der Waals surface area contributed by atoms with Crippen LogP contribution in [0.5, 0.6) is 0 Å². The number of nitro groups is 1. The van der Waals surface area contributed by atoms with Gasteiger partial charge in [-0.3, -0.25) is 29.4 Å². The summed E-state index contributed by atoms with van der Waals surface area (Å²) in [4.78, 5) is 48.0. The summed E-state index contributed by atoms with van der Waals surface area (Å²) in [6.45, 7) is -0.371. The number of thioether (sulfide) groups is 1. The lowest BCUT2D eigenvalue weighted by atomic mass is 10.1. The van der Waals surface area contributed by atoms with Gasteiger partial charge in [0.1, 0.15) is 0 Å². The van der Waals surface area contributed by atoms with E-state index in [4.69, 9.17) is 11.6 Å². The first-order valence-electron chi connectivity index (χ1n) is 7.64. The summed E-state index contributed by atoms with van der Waals surface area (Å²) in [5.41, 5.74) is 0.807. The van der Waals surface area contributed by atoms with Crippen LogP contribution in [0.25, 0.3) is 6.08 Å². The van der Waals surface area contributed by atoms with Crippen molar-refractivity contribution in [3.8, 4) is 0 Å². The number of Topliss-reactive ketones (excluding diaryl/α,β-unsaturated/α-hetero) is 1. The summed E-state index contributed by atoms with van der Waals surface area (Å²) in [7, 11) is 0. The van der Waals surface area contributed by atoms with Crippen LogP contribution in [0.15, 0.2) is 53.4 Å². The number of imide groups is 1. The van der Waals surface area contributed by atoms with Gasteiger partial charge >= 0.3 is 0 Å². The molecule has 2 aromatic carbocycles. The van der Waals surface area contributed by atoms with E-state index in [-0.39, 0.29) is 22.9 Å². The van der Waals surface area contributed by atoms with Gasteiger partial charge in [-0.15, -0.1) is 0 Å². The molecule has 0 N–H and O–H groups in total. The van der Waals surface area contributed by atoms with Gasteiger partial charge in [-0.25, -0.2) is 0 Å². The van der Waals surface area contributed by atoms with Gasteiger partial charge in [0.15, 0.2) is 5.78 Å². The van der Waals surface area contributed by atoms with Gasteiger partial charge in [0.25, 0.3) is 16.8 Å². The molecule has 9 heteroatoms. The zero-order valence-corrected chi connectivity index (χ0v) is 15.2. The Hall–Kier alpha value is -2.97. The van der Waals surface area contributed by atoms with E-state index in [1.165, 1.54) is 42.5 Å². The molecule has 0 radical (unpaired) electrons. The SMILES string of the molecule is O=C(CN1C(=O)S/C(=C/c2ccc([N+](=O)[O-])cc2)C1=O)c1ccc(Cl)cc1. The summed E-state index contributed by atoms with van der Waals surface area (Å²) >= 11 is 6.50. The highest BCUT2D eigenvalue weighted by atomic mass is 35.5. The maximum absolute atomic E-state index is 12.5. The van der Waals surface area contributed by atoms with Crippen LogP contribution < -0.4 is 0 Å².